The van der Waals surface area contributed by atoms with Crippen LogP contribution in [0.1, 0.15) is 27.5 Å². The Bertz CT molecular complexity index is 609. The lowest BCUT2D eigenvalue weighted by Crippen LogP contribution is -2.15. The molecule has 0 aromatic carbocycles. The van der Waals surface area contributed by atoms with Crippen LogP contribution in [0.5, 0.6) is 0 Å². The maximum Gasteiger partial charge on any atom is 0.353 e. The number of carbonyl (C=O) groups is 2. The Kier molecular flexibility index (Phi) is 3.32. The summed E-state index contributed by atoms with van der Waals surface area (Å²) in [6.07, 6.45) is 0.0937. The van der Waals surface area contributed by atoms with Crippen LogP contribution in [0.4, 0.5) is 5.82 Å². The number of carboxylic acid groups (broad SMARTS) is 1. The number of aromatic amines is 1. The van der Waals surface area contributed by atoms with Gasteiger partial charge in [-0.2, -0.15) is 5.10 Å². The van der Waals surface area contributed by atoms with E-state index in [1.807, 2.05) is 0 Å². The van der Waals surface area contributed by atoms with E-state index in [0.29, 0.717) is 17.0 Å². The predicted molar refractivity (Wildman–Crippen MR) is 63.9 cm³/mol. The summed E-state index contributed by atoms with van der Waals surface area (Å²) in [6, 6.07) is 1.24. The standard InChI is InChI=1S/C11H12N4O4/c1-5-7(6(2)19-15-5)3-10(16)12-9-4-8(11(17)18)13-14-9/h4H,3H2,1-2H3,(H,17,18)(H2,12,13,14,16). The molecular formula is C11H12N4O4. The molecule has 3 N–H and O–H groups in total. The summed E-state index contributed by atoms with van der Waals surface area (Å²) in [6.45, 7) is 3.47. The molecule has 0 bridgehead atoms. The second-order valence-electron chi connectivity index (χ2n) is 4.00. The monoisotopic (exact) mass is 264 g/mol. The Morgan fingerprint density at radius 3 is 2.74 bits per heavy atom. The maximum absolute atomic E-state index is 11.8. The number of nitrogens with one attached hydrogen (secondary N) is 2. The number of H-pyrrole nitrogens is 1. The first-order chi connectivity index (χ1) is 8.97. The van der Waals surface area contributed by atoms with Gasteiger partial charge in [-0.15, -0.1) is 0 Å². The lowest BCUT2D eigenvalue weighted by atomic mass is 10.1. The number of aromatic nitrogens is 3. The van der Waals surface area contributed by atoms with E-state index in [4.69, 9.17) is 9.63 Å². The molecule has 8 nitrogen and oxygen atoms in total. The molecule has 0 aliphatic carbocycles. The normalized spacial score (nSPS) is 10.4. The van der Waals surface area contributed by atoms with Gasteiger partial charge in [0.05, 0.1) is 12.1 Å². The molecule has 2 aromatic heterocycles. The fourth-order valence-electron chi connectivity index (χ4n) is 1.60. The third-order valence-electron chi connectivity index (χ3n) is 2.59. The molecule has 0 unspecified atom stereocenters. The van der Waals surface area contributed by atoms with E-state index < -0.39 is 5.97 Å². The summed E-state index contributed by atoms with van der Waals surface area (Å²) in [5.74, 6) is -0.716. The number of hydrogen-bond donors (Lipinski definition) is 3. The van der Waals surface area contributed by atoms with Crippen molar-refractivity contribution in [2.45, 2.75) is 20.3 Å². The summed E-state index contributed by atoms with van der Waals surface area (Å²) in [5.41, 5.74) is 1.28. The van der Waals surface area contributed by atoms with Crippen LogP contribution in [-0.2, 0) is 11.2 Å². The number of carboxylic acids is 1. The van der Waals surface area contributed by atoms with Crippen molar-refractivity contribution in [1.29, 1.82) is 0 Å². The second kappa shape index (κ2) is 4.92. The number of amides is 1. The van der Waals surface area contributed by atoms with Gasteiger partial charge in [0, 0.05) is 11.6 Å². The molecule has 0 radical (unpaired) electrons. The number of aryl methyl sites for hydroxylation is 2. The molecule has 19 heavy (non-hydrogen) atoms. The number of nitrogens with zero attached hydrogens (tertiary/aromatic N) is 2. The van der Waals surface area contributed by atoms with Gasteiger partial charge in [-0.1, -0.05) is 5.16 Å². The number of rotatable bonds is 4. The van der Waals surface area contributed by atoms with Crippen molar-refractivity contribution >= 4 is 17.7 Å². The lowest BCUT2D eigenvalue weighted by molar-refractivity contribution is -0.115. The van der Waals surface area contributed by atoms with Gasteiger partial charge < -0.3 is 14.9 Å². The van der Waals surface area contributed by atoms with Gasteiger partial charge in [0.15, 0.2) is 5.82 Å². The number of hydrogen-bond acceptors (Lipinski definition) is 5. The molecule has 0 aliphatic heterocycles. The third kappa shape index (κ3) is 2.79. The van der Waals surface area contributed by atoms with E-state index in [2.05, 4.69) is 20.7 Å². The molecule has 0 saturated carbocycles. The summed E-state index contributed by atoms with van der Waals surface area (Å²) < 4.78 is 4.95. The molecule has 0 saturated heterocycles. The second-order valence-corrected chi connectivity index (χ2v) is 4.00. The Morgan fingerprint density at radius 2 is 2.21 bits per heavy atom. The number of aromatic carboxylic acids is 1. The summed E-state index contributed by atoms with van der Waals surface area (Å²) >= 11 is 0. The highest BCUT2D eigenvalue weighted by atomic mass is 16.5. The van der Waals surface area contributed by atoms with Crippen molar-refractivity contribution in [2.24, 2.45) is 0 Å². The van der Waals surface area contributed by atoms with Crippen LogP contribution in [0.3, 0.4) is 0 Å². The lowest BCUT2D eigenvalue weighted by Gasteiger charge is -2.00. The zero-order valence-electron chi connectivity index (χ0n) is 10.4. The molecule has 2 heterocycles. The Labute approximate surface area is 107 Å². The van der Waals surface area contributed by atoms with Crippen LogP contribution in [0.25, 0.3) is 0 Å². The summed E-state index contributed by atoms with van der Waals surface area (Å²) in [7, 11) is 0. The van der Waals surface area contributed by atoms with Gasteiger partial charge in [-0.25, -0.2) is 4.79 Å². The largest absolute Gasteiger partial charge is 0.477 e. The van der Waals surface area contributed by atoms with E-state index in [1.165, 1.54) is 6.07 Å². The quantitative estimate of drug-likeness (QED) is 0.754. The van der Waals surface area contributed by atoms with Crippen molar-refractivity contribution < 1.29 is 19.2 Å². The van der Waals surface area contributed by atoms with E-state index in [9.17, 15) is 9.59 Å². The molecule has 100 valence electrons. The van der Waals surface area contributed by atoms with E-state index in [0.717, 1.165) is 0 Å². The topological polar surface area (TPSA) is 121 Å². The van der Waals surface area contributed by atoms with E-state index in [-0.39, 0.29) is 23.8 Å². The highest BCUT2D eigenvalue weighted by Crippen LogP contribution is 2.14. The molecular weight excluding hydrogens is 252 g/mol. The average Bonchev–Trinajstić information content (AvgIpc) is 2.91. The average molecular weight is 264 g/mol. The predicted octanol–water partition coefficient (Wildman–Crippen LogP) is 0.894. The maximum atomic E-state index is 11.8. The van der Waals surface area contributed by atoms with Gasteiger partial charge in [0.2, 0.25) is 5.91 Å². The molecule has 0 atom stereocenters. The van der Waals surface area contributed by atoms with Gasteiger partial charge in [0.25, 0.3) is 0 Å². The van der Waals surface area contributed by atoms with Gasteiger partial charge in [-0.3, -0.25) is 9.89 Å². The first-order valence-corrected chi connectivity index (χ1v) is 5.47. The summed E-state index contributed by atoms with van der Waals surface area (Å²) in [5, 5.41) is 20.9. The minimum absolute atomic E-state index is 0.0901. The molecule has 0 spiro atoms. The number of carbonyl (C=O) groups excluding carboxylic acids is 1. The minimum atomic E-state index is -1.14. The zero-order valence-corrected chi connectivity index (χ0v) is 10.4. The fraction of sp³-hybridized carbons (Fsp3) is 0.273. The van der Waals surface area contributed by atoms with Crippen LogP contribution in [-0.4, -0.2) is 32.3 Å². The Morgan fingerprint density at radius 1 is 1.47 bits per heavy atom. The van der Waals surface area contributed by atoms with E-state index >= 15 is 0 Å². The third-order valence-corrected chi connectivity index (χ3v) is 2.59. The van der Waals surface area contributed by atoms with Gasteiger partial charge in [0.1, 0.15) is 11.5 Å². The first kappa shape index (κ1) is 12.8. The highest BCUT2D eigenvalue weighted by Gasteiger charge is 2.15. The van der Waals surface area contributed by atoms with Crippen molar-refractivity contribution in [3.63, 3.8) is 0 Å². The molecule has 2 aromatic rings. The van der Waals surface area contributed by atoms with Gasteiger partial charge in [-0.05, 0) is 13.8 Å². The highest BCUT2D eigenvalue weighted by molar-refractivity contribution is 5.93. The Balaban J connectivity index is 2.03. The molecule has 2 rings (SSSR count). The Hall–Kier alpha value is -2.64. The van der Waals surface area contributed by atoms with Crippen molar-refractivity contribution in [2.75, 3.05) is 5.32 Å². The van der Waals surface area contributed by atoms with Crippen molar-refractivity contribution in [1.82, 2.24) is 15.4 Å². The van der Waals surface area contributed by atoms with Crippen LogP contribution in [0.15, 0.2) is 10.6 Å². The smallest absolute Gasteiger partial charge is 0.353 e. The zero-order chi connectivity index (χ0) is 14.0. The first-order valence-electron chi connectivity index (χ1n) is 5.47. The van der Waals surface area contributed by atoms with Crippen LogP contribution in [0, 0.1) is 13.8 Å². The molecule has 1 amide bonds. The van der Waals surface area contributed by atoms with Crippen molar-refractivity contribution in [3.8, 4) is 0 Å². The van der Waals surface area contributed by atoms with Crippen LogP contribution < -0.4 is 5.32 Å². The van der Waals surface area contributed by atoms with Crippen LogP contribution >= 0.6 is 0 Å². The number of anilines is 1. The van der Waals surface area contributed by atoms with Gasteiger partial charge >= 0.3 is 5.97 Å². The minimum Gasteiger partial charge on any atom is -0.477 e. The van der Waals surface area contributed by atoms with Crippen LogP contribution in [0.2, 0.25) is 0 Å². The molecule has 0 fully saturated rings. The summed E-state index contributed by atoms with van der Waals surface area (Å²) in [4.78, 5) is 22.4. The van der Waals surface area contributed by atoms with Crippen molar-refractivity contribution in [3.05, 3.63) is 28.8 Å². The fourth-order valence-corrected chi connectivity index (χ4v) is 1.60. The molecule has 0 aliphatic rings. The van der Waals surface area contributed by atoms with E-state index in [1.54, 1.807) is 13.8 Å². The SMILES string of the molecule is Cc1noc(C)c1CC(=O)Nc1cc(C(=O)O)[nH]n1. The molecule has 8 heteroatoms.